The van der Waals surface area contributed by atoms with E-state index in [0.717, 1.165) is 30.9 Å². The largest absolute Gasteiger partial charge is 0.370 e. The molecule has 1 fully saturated rings. The monoisotopic (exact) mass is 248 g/mol. The standard InChI is InChI=1S/C13H20N4O/c1-13(12(18)15-2)4-6-17(9-13)11-3-5-16-10(7-11)8-14/h3,5,7H,4,6,8-9,14H2,1-2H3,(H,15,18). The van der Waals surface area contributed by atoms with Crippen molar-refractivity contribution in [1.82, 2.24) is 10.3 Å². The van der Waals surface area contributed by atoms with Gasteiger partial charge in [-0.15, -0.1) is 0 Å². The molecule has 0 spiro atoms. The number of aromatic nitrogens is 1. The topological polar surface area (TPSA) is 71.2 Å². The van der Waals surface area contributed by atoms with Crippen molar-refractivity contribution in [3.63, 3.8) is 0 Å². The van der Waals surface area contributed by atoms with Gasteiger partial charge < -0.3 is 16.0 Å². The molecule has 1 atom stereocenters. The van der Waals surface area contributed by atoms with Crippen molar-refractivity contribution in [3.8, 4) is 0 Å². The Bertz CT molecular complexity index is 448. The van der Waals surface area contributed by atoms with Crippen molar-refractivity contribution < 1.29 is 4.79 Å². The first-order chi connectivity index (χ1) is 8.59. The first kappa shape index (κ1) is 12.8. The summed E-state index contributed by atoms with van der Waals surface area (Å²) in [6.45, 7) is 4.07. The Labute approximate surface area is 107 Å². The van der Waals surface area contributed by atoms with Gasteiger partial charge in [-0.1, -0.05) is 0 Å². The van der Waals surface area contributed by atoms with Gasteiger partial charge in [0.2, 0.25) is 5.91 Å². The zero-order chi connectivity index (χ0) is 13.2. The first-order valence-electron chi connectivity index (χ1n) is 6.21. The number of amides is 1. The molecule has 0 bridgehead atoms. The van der Waals surface area contributed by atoms with E-state index in [1.807, 2.05) is 19.1 Å². The Kier molecular flexibility index (Phi) is 3.52. The third-order valence-corrected chi connectivity index (χ3v) is 3.62. The second-order valence-electron chi connectivity index (χ2n) is 5.02. The molecule has 1 aromatic rings. The van der Waals surface area contributed by atoms with Crippen molar-refractivity contribution >= 4 is 11.6 Å². The van der Waals surface area contributed by atoms with Gasteiger partial charge in [0.05, 0.1) is 11.1 Å². The average Bonchev–Trinajstić information content (AvgIpc) is 2.82. The SMILES string of the molecule is CNC(=O)C1(C)CCN(c2ccnc(CN)c2)C1. The maximum absolute atomic E-state index is 11.9. The van der Waals surface area contributed by atoms with E-state index in [2.05, 4.69) is 15.2 Å². The Balaban J connectivity index is 2.15. The van der Waals surface area contributed by atoms with Gasteiger partial charge in [0, 0.05) is 38.6 Å². The number of hydrogen-bond acceptors (Lipinski definition) is 4. The molecule has 0 aromatic carbocycles. The molecule has 0 radical (unpaired) electrons. The fraction of sp³-hybridized carbons (Fsp3) is 0.538. The number of nitrogens with zero attached hydrogens (tertiary/aromatic N) is 2. The van der Waals surface area contributed by atoms with E-state index < -0.39 is 0 Å². The molecule has 1 saturated heterocycles. The molecule has 5 nitrogen and oxygen atoms in total. The van der Waals surface area contributed by atoms with Gasteiger partial charge in [0.25, 0.3) is 0 Å². The molecule has 98 valence electrons. The van der Waals surface area contributed by atoms with Gasteiger partial charge in [0.15, 0.2) is 0 Å². The van der Waals surface area contributed by atoms with E-state index in [0.29, 0.717) is 6.54 Å². The molecule has 1 amide bonds. The highest BCUT2D eigenvalue weighted by Gasteiger charge is 2.39. The summed E-state index contributed by atoms with van der Waals surface area (Å²) in [4.78, 5) is 18.3. The van der Waals surface area contributed by atoms with Crippen LogP contribution in [-0.4, -0.2) is 31.0 Å². The summed E-state index contributed by atoms with van der Waals surface area (Å²) in [5.41, 5.74) is 7.26. The van der Waals surface area contributed by atoms with Crippen LogP contribution in [0.2, 0.25) is 0 Å². The summed E-state index contributed by atoms with van der Waals surface area (Å²) in [5, 5.41) is 2.74. The second kappa shape index (κ2) is 4.94. The van der Waals surface area contributed by atoms with Crippen LogP contribution < -0.4 is 16.0 Å². The van der Waals surface area contributed by atoms with Crippen molar-refractivity contribution in [1.29, 1.82) is 0 Å². The minimum atomic E-state index is -0.305. The molecule has 0 aliphatic carbocycles. The van der Waals surface area contributed by atoms with Gasteiger partial charge in [-0.3, -0.25) is 9.78 Å². The highest BCUT2D eigenvalue weighted by atomic mass is 16.2. The Morgan fingerprint density at radius 2 is 2.44 bits per heavy atom. The van der Waals surface area contributed by atoms with Crippen molar-refractivity contribution in [3.05, 3.63) is 24.0 Å². The molecule has 2 rings (SSSR count). The van der Waals surface area contributed by atoms with Crippen LogP contribution >= 0.6 is 0 Å². The smallest absolute Gasteiger partial charge is 0.227 e. The molecule has 1 aliphatic rings. The summed E-state index contributed by atoms with van der Waals surface area (Å²) >= 11 is 0. The number of nitrogens with two attached hydrogens (primary N) is 1. The summed E-state index contributed by atoms with van der Waals surface area (Å²) in [5.74, 6) is 0.109. The van der Waals surface area contributed by atoms with Gasteiger partial charge in [-0.25, -0.2) is 0 Å². The molecule has 1 aliphatic heterocycles. The quantitative estimate of drug-likeness (QED) is 0.817. The molecule has 3 N–H and O–H groups in total. The molecule has 18 heavy (non-hydrogen) atoms. The minimum Gasteiger partial charge on any atom is -0.370 e. The highest BCUT2D eigenvalue weighted by molar-refractivity contribution is 5.83. The zero-order valence-corrected chi connectivity index (χ0v) is 10.9. The predicted octanol–water partition coefficient (Wildman–Crippen LogP) is 0.503. The number of pyridine rings is 1. The molecular weight excluding hydrogens is 228 g/mol. The van der Waals surface area contributed by atoms with Gasteiger partial charge in [-0.2, -0.15) is 0 Å². The Hall–Kier alpha value is -1.62. The molecule has 2 heterocycles. The van der Waals surface area contributed by atoms with E-state index in [-0.39, 0.29) is 11.3 Å². The van der Waals surface area contributed by atoms with Crippen LogP contribution in [0.15, 0.2) is 18.3 Å². The van der Waals surface area contributed by atoms with E-state index in [9.17, 15) is 4.79 Å². The maximum Gasteiger partial charge on any atom is 0.227 e. The van der Waals surface area contributed by atoms with E-state index >= 15 is 0 Å². The van der Waals surface area contributed by atoms with E-state index in [1.54, 1.807) is 13.2 Å². The number of nitrogens with one attached hydrogen (secondary N) is 1. The molecule has 0 saturated carbocycles. The van der Waals surface area contributed by atoms with Gasteiger partial charge in [0.1, 0.15) is 0 Å². The lowest BCUT2D eigenvalue weighted by Gasteiger charge is -2.24. The lowest BCUT2D eigenvalue weighted by Crippen LogP contribution is -2.39. The third kappa shape index (κ3) is 2.31. The molecule has 1 aromatic heterocycles. The third-order valence-electron chi connectivity index (χ3n) is 3.62. The van der Waals surface area contributed by atoms with Crippen LogP contribution in [0, 0.1) is 5.41 Å². The van der Waals surface area contributed by atoms with Crippen molar-refractivity contribution in [2.45, 2.75) is 19.9 Å². The fourth-order valence-electron chi connectivity index (χ4n) is 2.44. The predicted molar refractivity (Wildman–Crippen MR) is 71.1 cm³/mol. The van der Waals surface area contributed by atoms with Crippen LogP contribution in [-0.2, 0) is 11.3 Å². The van der Waals surface area contributed by atoms with E-state index in [4.69, 9.17) is 5.73 Å². The zero-order valence-electron chi connectivity index (χ0n) is 10.9. The summed E-state index contributed by atoms with van der Waals surface area (Å²) in [7, 11) is 1.69. The molecule has 5 heteroatoms. The Morgan fingerprint density at radius 1 is 1.67 bits per heavy atom. The number of rotatable bonds is 3. The van der Waals surface area contributed by atoms with Crippen LogP contribution in [0.25, 0.3) is 0 Å². The van der Waals surface area contributed by atoms with Crippen LogP contribution in [0.4, 0.5) is 5.69 Å². The van der Waals surface area contributed by atoms with Gasteiger partial charge >= 0.3 is 0 Å². The lowest BCUT2D eigenvalue weighted by molar-refractivity contribution is -0.128. The Morgan fingerprint density at radius 3 is 3.11 bits per heavy atom. The summed E-state index contributed by atoms with van der Waals surface area (Å²) in [6.07, 6.45) is 2.64. The minimum absolute atomic E-state index is 0.109. The average molecular weight is 248 g/mol. The first-order valence-corrected chi connectivity index (χ1v) is 6.21. The number of carbonyl (C=O) groups is 1. The number of anilines is 1. The second-order valence-corrected chi connectivity index (χ2v) is 5.02. The number of hydrogen-bond donors (Lipinski definition) is 2. The highest BCUT2D eigenvalue weighted by Crippen LogP contribution is 2.33. The summed E-state index contributed by atoms with van der Waals surface area (Å²) < 4.78 is 0. The van der Waals surface area contributed by atoms with Crippen LogP contribution in [0.3, 0.4) is 0 Å². The van der Waals surface area contributed by atoms with Gasteiger partial charge in [-0.05, 0) is 25.5 Å². The normalized spacial score (nSPS) is 23.2. The maximum atomic E-state index is 11.9. The van der Waals surface area contributed by atoms with Crippen LogP contribution in [0.1, 0.15) is 19.0 Å². The van der Waals surface area contributed by atoms with Crippen molar-refractivity contribution in [2.75, 3.05) is 25.0 Å². The fourth-order valence-corrected chi connectivity index (χ4v) is 2.44. The molecular formula is C13H20N4O. The number of carbonyl (C=O) groups excluding carboxylic acids is 1. The van der Waals surface area contributed by atoms with Crippen molar-refractivity contribution in [2.24, 2.45) is 11.1 Å². The summed E-state index contributed by atoms with van der Waals surface area (Å²) in [6, 6.07) is 3.96. The van der Waals surface area contributed by atoms with Crippen LogP contribution in [0.5, 0.6) is 0 Å². The van der Waals surface area contributed by atoms with E-state index in [1.165, 1.54) is 0 Å². The molecule has 1 unspecified atom stereocenters. The lowest BCUT2D eigenvalue weighted by atomic mass is 9.89.